The molecule has 0 aliphatic heterocycles. The van der Waals surface area contributed by atoms with Crippen molar-refractivity contribution in [1.82, 2.24) is 0 Å². The van der Waals surface area contributed by atoms with Crippen molar-refractivity contribution in [2.24, 2.45) is 17.8 Å². The molecular formula is C19H32O. The lowest BCUT2D eigenvalue weighted by Gasteiger charge is -2.26. The topological polar surface area (TPSA) is 17.1 Å². The Morgan fingerprint density at radius 3 is 2.25 bits per heavy atom. The van der Waals surface area contributed by atoms with Crippen LogP contribution in [0.5, 0.6) is 0 Å². The van der Waals surface area contributed by atoms with Crippen LogP contribution in [0.1, 0.15) is 84.0 Å². The van der Waals surface area contributed by atoms with Crippen molar-refractivity contribution in [3.8, 4) is 0 Å². The summed E-state index contributed by atoms with van der Waals surface area (Å²) in [6, 6.07) is 0. The fourth-order valence-electron chi connectivity index (χ4n) is 3.99. The van der Waals surface area contributed by atoms with Crippen LogP contribution in [0.4, 0.5) is 0 Å². The number of carbonyl (C=O) groups is 1. The Kier molecular flexibility index (Phi) is 6.82. The van der Waals surface area contributed by atoms with Gasteiger partial charge < -0.3 is 0 Å². The van der Waals surface area contributed by atoms with E-state index in [9.17, 15) is 4.79 Å². The Hall–Kier alpha value is -0.590. The molecule has 1 heteroatoms. The predicted molar refractivity (Wildman–Crippen MR) is 85.7 cm³/mol. The summed E-state index contributed by atoms with van der Waals surface area (Å²) >= 11 is 0. The van der Waals surface area contributed by atoms with E-state index in [2.05, 4.69) is 19.1 Å². The summed E-state index contributed by atoms with van der Waals surface area (Å²) in [5, 5.41) is 0. The zero-order chi connectivity index (χ0) is 14.2. The molecule has 2 saturated carbocycles. The van der Waals surface area contributed by atoms with Gasteiger partial charge in [0.05, 0.1) is 0 Å². The van der Waals surface area contributed by atoms with E-state index in [1.54, 1.807) is 0 Å². The van der Waals surface area contributed by atoms with Crippen LogP contribution in [0.15, 0.2) is 12.2 Å². The highest BCUT2D eigenvalue weighted by atomic mass is 16.1. The molecular weight excluding hydrogens is 244 g/mol. The van der Waals surface area contributed by atoms with E-state index < -0.39 is 0 Å². The monoisotopic (exact) mass is 276 g/mol. The number of hydrogen-bond acceptors (Lipinski definition) is 1. The fraction of sp³-hybridized carbons (Fsp3) is 0.842. The normalized spacial score (nSPS) is 29.1. The molecule has 2 rings (SSSR count). The smallest absolute Gasteiger partial charge is 0.132 e. The van der Waals surface area contributed by atoms with Gasteiger partial charge in [-0.25, -0.2) is 0 Å². The SMILES string of the molecule is CCC[C@H]1CC[C@H](/C=C/CCC2CCC(=O)CC2)CC1. The molecule has 0 amide bonds. The molecule has 0 atom stereocenters. The first-order valence-corrected chi connectivity index (χ1v) is 8.96. The second-order valence-corrected chi connectivity index (χ2v) is 7.06. The van der Waals surface area contributed by atoms with E-state index >= 15 is 0 Å². The van der Waals surface area contributed by atoms with Gasteiger partial charge in [0.15, 0.2) is 0 Å². The predicted octanol–water partition coefficient (Wildman–Crippen LogP) is 5.69. The summed E-state index contributed by atoms with van der Waals surface area (Å²) in [5.41, 5.74) is 0. The van der Waals surface area contributed by atoms with Gasteiger partial charge in [0, 0.05) is 12.8 Å². The lowest BCUT2D eigenvalue weighted by atomic mass is 9.80. The van der Waals surface area contributed by atoms with E-state index in [1.807, 2.05) is 0 Å². The molecule has 0 aromatic rings. The molecule has 20 heavy (non-hydrogen) atoms. The second kappa shape index (κ2) is 8.64. The van der Waals surface area contributed by atoms with Crippen LogP contribution in [-0.4, -0.2) is 5.78 Å². The average molecular weight is 276 g/mol. The lowest BCUT2D eigenvalue weighted by molar-refractivity contribution is -0.121. The summed E-state index contributed by atoms with van der Waals surface area (Å²) in [6.45, 7) is 2.31. The van der Waals surface area contributed by atoms with Crippen LogP contribution in [0, 0.1) is 17.8 Å². The van der Waals surface area contributed by atoms with Crippen LogP contribution >= 0.6 is 0 Å². The van der Waals surface area contributed by atoms with E-state index in [-0.39, 0.29) is 0 Å². The van der Waals surface area contributed by atoms with Gasteiger partial charge >= 0.3 is 0 Å². The van der Waals surface area contributed by atoms with Gasteiger partial charge in [-0.1, -0.05) is 31.9 Å². The minimum absolute atomic E-state index is 0.487. The van der Waals surface area contributed by atoms with Crippen LogP contribution in [0.2, 0.25) is 0 Å². The zero-order valence-electron chi connectivity index (χ0n) is 13.3. The van der Waals surface area contributed by atoms with Gasteiger partial charge in [0.25, 0.3) is 0 Å². The average Bonchev–Trinajstić information content (AvgIpc) is 2.47. The zero-order valence-corrected chi connectivity index (χ0v) is 13.3. The van der Waals surface area contributed by atoms with Crippen molar-refractivity contribution in [2.45, 2.75) is 84.0 Å². The number of hydrogen-bond donors (Lipinski definition) is 0. The van der Waals surface area contributed by atoms with Gasteiger partial charge in [-0.05, 0) is 69.1 Å². The maximum atomic E-state index is 11.2. The van der Waals surface area contributed by atoms with Gasteiger partial charge in [-0.2, -0.15) is 0 Å². The first-order valence-electron chi connectivity index (χ1n) is 8.96. The molecule has 0 radical (unpaired) electrons. The molecule has 2 aliphatic rings. The first-order chi connectivity index (χ1) is 9.78. The molecule has 0 unspecified atom stereocenters. The van der Waals surface area contributed by atoms with E-state index in [0.29, 0.717) is 5.78 Å². The molecule has 114 valence electrons. The highest BCUT2D eigenvalue weighted by molar-refractivity contribution is 5.78. The summed E-state index contributed by atoms with van der Waals surface area (Å²) in [4.78, 5) is 11.2. The highest BCUT2D eigenvalue weighted by Crippen LogP contribution is 2.32. The Balaban J connectivity index is 1.56. The third kappa shape index (κ3) is 5.42. The minimum Gasteiger partial charge on any atom is -0.300 e. The van der Waals surface area contributed by atoms with Crippen LogP contribution in [0.3, 0.4) is 0 Å². The number of rotatable bonds is 6. The van der Waals surface area contributed by atoms with Crippen molar-refractivity contribution in [2.75, 3.05) is 0 Å². The maximum Gasteiger partial charge on any atom is 0.132 e. The van der Waals surface area contributed by atoms with Crippen LogP contribution in [0.25, 0.3) is 0 Å². The second-order valence-electron chi connectivity index (χ2n) is 7.06. The Morgan fingerprint density at radius 2 is 1.60 bits per heavy atom. The van der Waals surface area contributed by atoms with Gasteiger partial charge in [-0.3, -0.25) is 4.79 Å². The molecule has 0 spiro atoms. The molecule has 2 aliphatic carbocycles. The Morgan fingerprint density at radius 1 is 0.950 bits per heavy atom. The third-order valence-electron chi connectivity index (χ3n) is 5.40. The Labute approximate surface area is 125 Å². The first kappa shape index (κ1) is 15.8. The number of Topliss-reactive ketones (excluding diaryl/α,β-unsaturated/α-hetero) is 1. The number of ketones is 1. The van der Waals surface area contributed by atoms with Gasteiger partial charge in [0.1, 0.15) is 5.78 Å². The highest BCUT2D eigenvalue weighted by Gasteiger charge is 2.19. The van der Waals surface area contributed by atoms with E-state index in [4.69, 9.17) is 0 Å². The summed E-state index contributed by atoms with van der Waals surface area (Å²) in [7, 11) is 0. The summed E-state index contributed by atoms with van der Waals surface area (Å²) < 4.78 is 0. The van der Waals surface area contributed by atoms with Crippen molar-refractivity contribution < 1.29 is 4.79 Å². The molecule has 0 saturated heterocycles. The molecule has 1 nitrogen and oxygen atoms in total. The molecule has 0 aromatic carbocycles. The molecule has 0 bridgehead atoms. The van der Waals surface area contributed by atoms with E-state index in [0.717, 1.165) is 43.4 Å². The molecule has 0 heterocycles. The van der Waals surface area contributed by atoms with Crippen molar-refractivity contribution in [3.05, 3.63) is 12.2 Å². The summed E-state index contributed by atoms with van der Waals surface area (Å²) in [5.74, 6) is 3.18. The molecule has 2 fully saturated rings. The van der Waals surface area contributed by atoms with E-state index in [1.165, 1.54) is 51.4 Å². The maximum absolute atomic E-state index is 11.2. The van der Waals surface area contributed by atoms with Crippen molar-refractivity contribution >= 4 is 5.78 Å². The van der Waals surface area contributed by atoms with Crippen LogP contribution < -0.4 is 0 Å². The van der Waals surface area contributed by atoms with Crippen LogP contribution in [-0.2, 0) is 4.79 Å². The summed E-state index contributed by atoms with van der Waals surface area (Å²) in [6.07, 6.45) is 20.0. The minimum atomic E-state index is 0.487. The molecule has 0 N–H and O–H groups in total. The van der Waals surface area contributed by atoms with Gasteiger partial charge in [-0.15, -0.1) is 0 Å². The standard InChI is InChI=1S/C19H32O/c1-2-5-16-8-10-17(11-9-16)6-3-4-7-18-12-14-19(20)15-13-18/h3,6,16-18H,2,4-5,7-15H2,1H3/b6-3+/t16-,17-. The van der Waals surface area contributed by atoms with Gasteiger partial charge in [0.2, 0.25) is 0 Å². The third-order valence-corrected chi connectivity index (χ3v) is 5.40. The fourth-order valence-corrected chi connectivity index (χ4v) is 3.99. The van der Waals surface area contributed by atoms with Crippen molar-refractivity contribution in [3.63, 3.8) is 0 Å². The largest absolute Gasteiger partial charge is 0.300 e. The Bertz CT molecular complexity index is 300. The number of carbonyl (C=O) groups excluding carboxylic acids is 1. The lowest BCUT2D eigenvalue weighted by Crippen LogP contribution is -2.13. The van der Waals surface area contributed by atoms with Crippen molar-refractivity contribution in [1.29, 1.82) is 0 Å². The molecule has 0 aromatic heterocycles. The quantitative estimate of drug-likeness (QED) is 0.570. The number of allylic oxidation sites excluding steroid dienone is 2.